The van der Waals surface area contributed by atoms with Crippen molar-refractivity contribution >= 4 is 12.1 Å². The van der Waals surface area contributed by atoms with Gasteiger partial charge in [0.2, 0.25) is 0 Å². The maximum atomic E-state index is 12.8. The molecule has 0 N–H and O–H groups in total. The van der Waals surface area contributed by atoms with E-state index in [-0.39, 0.29) is 12.4 Å². The lowest BCUT2D eigenvalue weighted by atomic mass is 10.2. The van der Waals surface area contributed by atoms with E-state index in [0.717, 1.165) is 0 Å². The molecule has 0 heterocycles. The fourth-order valence-corrected chi connectivity index (χ4v) is 1.51. The minimum absolute atomic E-state index is 0.0195. The van der Waals surface area contributed by atoms with Crippen molar-refractivity contribution in [1.82, 2.24) is 4.90 Å². The summed E-state index contributed by atoms with van der Waals surface area (Å²) in [5.74, 6) is -0.911. The van der Waals surface area contributed by atoms with Crippen molar-refractivity contribution in [3.05, 3.63) is 35.6 Å². The van der Waals surface area contributed by atoms with E-state index in [9.17, 15) is 14.0 Å². The monoisotopic (exact) mass is 311 g/mol. The van der Waals surface area contributed by atoms with Gasteiger partial charge in [-0.3, -0.25) is 4.90 Å². The Labute approximate surface area is 130 Å². The molecule has 0 fully saturated rings. The molecule has 1 aromatic carbocycles. The smallest absolute Gasteiger partial charge is 0.410 e. The number of hydrogen-bond acceptors (Lipinski definition) is 4. The highest BCUT2D eigenvalue weighted by molar-refractivity contribution is 5.81. The molecule has 22 heavy (non-hydrogen) atoms. The summed E-state index contributed by atoms with van der Waals surface area (Å²) in [6.07, 6.45) is -0.598. The topological polar surface area (TPSA) is 55.8 Å². The van der Waals surface area contributed by atoms with E-state index in [1.54, 1.807) is 27.7 Å². The predicted octanol–water partition coefficient (Wildman–Crippen LogP) is 3.12. The van der Waals surface area contributed by atoms with Crippen LogP contribution < -0.4 is 0 Å². The van der Waals surface area contributed by atoms with E-state index in [0.29, 0.717) is 5.56 Å². The number of nitrogens with zero attached hydrogens (tertiary/aromatic N) is 1. The first-order chi connectivity index (χ1) is 10.1. The fraction of sp³-hybridized carbons (Fsp3) is 0.500. The van der Waals surface area contributed by atoms with Crippen molar-refractivity contribution in [2.24, 2.45) is 0 Å². The average Bonchev–Trinajstić information content (AvgIpc) is 2.43. The lowest BCUT2D eigenvalue weighted by Gasteiger charge is -2.27. The first kappa shape index (κ1) is 17.9. The van der Waals surface area contributed by atoms with Gasteiger partial charge in [0, 0.05) is 7.05 Å². The third-order valence-electron chi connectivity index (χ3n) is 2.90. The Morgan fingerprint density at radius 3 is 2.27 bits per heavy atom. The molecular formula is C16H22FNO4. The van der Waals surface area contributed by atoms with Crippen LogP contribution in [0.4, 0.5) is 9.18 Å². The third-order valence-corrected chi connectivity index (χ3v) is 2.90. The van der Waals surface area contributed by atoms with Gasteiger partial charge in [0.15, 0.2) is 0 Å². The maximum absolute atomic E-state index is 12.8. The summed E-state index contributed by atoms with van der Waals surface area (Å²) in [6.45, 7) is 6.81. The highest BCUT2D eigenvalue weighted by atomic mass is 19.1. The summed E-state index contributed by atoms with van der Waals surface area (Å²) in [5.41, 5.74) is 0.0326. The zero-order valence-electron chi connectivity index (χ0n) is 13.6. The Bertz CT molecular complexity index is 522. The van der Waals surface area contributed by atoms with Gasteiger partial charge in [-0.05, 0) is 45.4 Å². The second kappa shape index (κ2) is 7.24. The number of ether oxygens (including phenoxy) is 2. The summed E-state index contributed by atoms with van der Waals surface area (Å²) in [7, 11) is 1.47. The normalized spacial score (nSPS) is 12.5. The molecular weight excluding hydrogens is 289 g/mol. The number of amides is 1. The van der Waals surface area contributed by atoms with Crippen molar-refractivity contribution in [2.45, 2.75) is 45.9 Å². The van der Waals surface area contributed by atoms with Crippen LogP contribution in [0.15, 0.2) is 24.3 Å². The molecule has 0 aromatic heterocycles. The molecule has 1 aromatic rings. The van der Waals surface area contributed by atoms with Gasteiger partial charge in [0.1, 0.15) is 24.1 Å². The molecule has 122 valence electrons. The van der Waals surface area contributed by atoms with E-state index in [2.05, 4.69) is 0 Å². The zero-order chi connectivity index (χ0) is 16.9. The Hall–Kier alpha value is -2.11. The molecule has 0 saturated heterocycles. The van der Waals surface area contributed by atoms with Crippen molar-refractivity contribution in [3.63, 3.8) is 0 Å². The summed E-state index contributed by atoms with van der Waals surface area (Å²) >= 11 is 0. The number of halogens is 1. The Kier molecular flexibility index (Phi) is 5.91. The Morgan fingerprint density at radius 1 is 1.23 bits per heavy atom. The van der Waals surface area contributed by atoms with Gasteiger partial charge in [-0.15, -0.1) is 0 Å². The SMILES string of the molecule is C[C@@H](C(=O)OCc1ccc(F)cc1)N(C)C(=O)OC(C)(C)C. The minimum Gasteiger partial charge on any atom is -0.459 e. The number of esters is 1. The van der Waals surface area contributed by atoms with Crippen LogP contribution in [0.25, 0.3) is 0 Å². The second-order valence-corrected chi connectivity index (χ2v) is 6.00. The molecule has 0 spiro atoms. The van der Waals surface area contributed by atoms with Crippen molar-refractivity contribution < 1.29 is 23.5 Å². The number of carbonyl (C=O) groups excluding carboxylic acids is 2. The van der Waals surface area contributed by atoms with Crippen LogP contribution in [0.3, 0.4) is 0 Å². The highest BCUT2D eigenvalue weighted by Gasteiger charge is 2.27. The van der Waals surface area contributed by atoms with Crippen LogP contribution in [-0.2, 0) is 20.9 Å². The number of likely N-dealkylation sites (N-methyl/N-ethyl adjacent to an activating group) is 1. The summed E-state index contributed by atoms with van der Waals surface area (Å²) in [4.78, 5) is 25.0. The lowest BCUT2D eigenvalue weighted by Crippen LogP contribution is -2.43. The standard InChI is InChI=1S/C16H22FNO4/c1-11(18(5)15(20)22-16(2,3)4)14(19)21-10-12-6-8-13(17)9-7-12/h6-9,11H,10H2,1-5H3/t11-/m0/s1. The van der Waals surface area contributed by atoms with E-state index in [1.165, 1.54) is 36.2 Å². The van der Waals surface area contributed by atoms with Gasteiger partial charge in [0.05, 0.1) is 0 Å². The third kappa shape index (κ3) is 5.71. The van der Waals surface area contributed by atoms with E-state index >= 15 is 0 Å². The largest absolute Gasteiger partial charge is 0.459 e. The van der Waals surface area contributed by atoms with E-state index in [4.69, 9.17) is 9.47 Å². The average molecular weight is 311 g/mol. The van der Waals surface area contributed by atoms with Crippen LogP contribution in [0.1, 0.15) is 33.3 Å². The number of benzene rings is 1. The van der Waals surface area contributed by atoms with Crippen LogP contribution in [-0.4, -0.2) is 35.7 Å². The molecule has 1 amide bonds. The maximum Gasteiger partial charge on any atom is 0.410 e. The quantitative estimate of drug-likeness (QED) is 0.802. The summed E-state index contributed by atoms with van der Waals surface area (Å²) in [6, 6.07) is 4.87. The molecule has 5 nitrogen and oxygen atoms in total. The molecule has 6 heteroatoms. The Balaban J connectivity index is 2.53. The van der Waals surface area contributed by atoms with Gasteiger partial charge in [-0.1, -0.05) is 12.1 Å². The predicted molar refractivity (Wildman–Crippen MR) is 79.7 cm³/mol. The first-order valence-electron chi connectivity index (χ1n) is 6.97. The molecule has 0 radical (unpaired) electrons. The number of carbonyl (C=O) groups is 2. The summed E-state index contributed by atoms with van der Waals surface area (Å²) in [5, 5.41) is 0. The zero-order valence-corrected chi connectivity index (χ0v) is 13.6. The molecule has 1 rings (SSSR count). The molecule has 1 atom stereocenters. The van der Waals surface area contributed by atoms with Crippen LogP contribution in [0, 0.1) is 5.82 Å². The van der Waals surface area contributed by atoms with Gasteiger partial charge < -0.3 is 9.47 Å². The number of rotatable bonds is 4. The Morgan fingerprint density at radius 2 is 1.77 bits per heavy atom. The van der Waals surface area contributed by atoms with Crippen LogP contribution in [0.5, 0.6) is 0 Å². The fourth-order valence-electron chi connectivity index (χ4n) is 1.51. The van der Waals surface area contributed by atoms with Gasteiger partial charge in [-0.2, -0.15) is 0 Å². The second-order valence-electron chi connectivity index (χ2n) is 6.00. The highest BCUT2D eigenvalue weighted by Crippen LogP contribution is 2.12. The molecule has 0 aliphatic heterocycles. The van der Waals surface area contributed by atoms with Gasteiger partial charge in [0.25, 0.3) is 0 Å². The van der Waals surface area contributed by atoms with Crippen molar-refractivity contribution in [3.8, 4) is 0 Å². The van der Waals surface area contributed by atoms with E-state index < -0.39 is 23.7 Å². The molecule has 0 aliphatic rings. The van der Waals surface area contributed by atoms with Crippen LogP contribution >= 0.6 is 0 Å². The van der Waals surface area contributed by atoms with Crippen LogP contribution in [0.2, 0.25) is 0 Å². The summed E-state index contributed by atoms with van der Waals surface area (Å²) < 4.78 is 23.1. The minimum atomic E-state index is -0.782. The van der Waals surface area contributed by atoms with Crippen molar-refractivity contribution in [2.75, 3.05) is 7.05 Å². The molecule has 0 aliphatic carbocycles. The number of hydrogen-bond donors (Lipinski definition) is 0. The van der Waals surface area contributed by atoms with E-state index in [1.807, 2.05) is 0 Å². The lowest BCUT2D eigenvalue weighted by molar-refractivity contribution is -0.150. The van der Waals surface area contributed by atoms with Crippen molar-refractivity contribution in [1.29, 1.82) is 0 Å². The molecule has 0 saturated carbocycles. The first-order valence-corrected chi connectivity index (χ1v) is 6.97. The molecule has 0 bridgehead atoms. The van der Waals surface area contributed by atoms with Gasteiger partial charge in [-0.25, -0.2) is 14.0 Å². The van der Waals surface area contributed by atoms with Gasteiger partial charge >= 0.3 is 12.1 Å². The molecule has 0 unspecified atom stereocenters.